The van der Waals surface area contributed by atoms with E-state index in [0.29, 0.717) is 5.92 Å². The lowest BCUT2D eigenvalue weighted by Gasteiger charge is -2.25. The summed E-state index contributed by atoms with van der Waals surface area (Å²) in [5.74, 6) is 0.104. The molecule has 1 N–H and O–H groups in total. The standard InChI is InChI=1S/C19H25N5O2/c1-23(2)19(26)16-12-24(22-21-16)13-17(25)20-18(15-10-6-7-11-15)14-8-4-3-5-9-14/h3-5,8-9,12,15,18H,6-7,10-11,13H2,1-2H3,(H,20,25). The maximum Gasteiger partial charge on any atom is 0.275 e. The van der Waals surface area contributed by atoms with E-state index in [1.807, 2.05) is 18.2 Å². The molecule has 1 aromatic heterocycles. The quantitative estimate of drug-likeness (QED) is 0.860. The summed E-state index contributed by atoms with van der Waals surface area (Å²) >= 11 is 0. The predicted octanol–water partition coefficient (Wildman–Crippen LogP) is 2.03. The van der Waals surface area contributed by atoms with E-state index in [0.717, 1.165) is 18.4 Å². The van der Waals surface area contributed by atoms with Gasteiger partial charge in [0.05, 0.1) is 12.2 Å². The minimum Gasteiger partial charge on any atom is -0.347 e. The minimum absolute atomic E-state index is 0.0117. The molecule has 26 heavy (non-hydrogen) atoms. The molecule has 1 aliphatic rings. The minimum atomic E-state index is -0.232. The van der Waals surface area contributed by atoms with Crippen molar-refractivity contribution in [3.05, 3.63) is 47.8 Å². The van der Waals surface area contributed by atoms with Crippen molar-refractivity contribution in [3.8, 4) is 0 Å². The van der Waals surface area contributed by atoms with Gasteiger partial charge in [-0.1, -0.05) is 48.4 Å². The molecule has 0 bridgehead atoms. The van der Waals surface area contributed by atoms with Gasteiger partial charge >= 0.3 is 0 Å². The van der Waals surface area contributed by atoms with Gasteiger partial charge in [0.1, 0.15) is 6.54 Å². The Morgan fingerprint density at radius 2 is 1.92 bits per heavy atom. The highest BCUT2D eigenvalue weighted by molar-refractivity contribution is 5.91. The molecule has 1 atom stereocenters. The largest absolute Gasteiger partial charge is 0.347 e. The number of carbonyl (C=O) groups is 2. The van der Waals surface area contributed by atoms with Gasteiger partial charge < -0.3 is 10.2 Å². The Bertz CT molecular complexity index is 750. The number of carbonyl (C=O) groups excluding carboxylic acids is 2. The van der Waals surface area contributed by atoms with Crippen LogP contribution < -0.4 is 5.32 Å². The summed E-state index contributed by atoms with van der Waals surface area (Å²) in [5, 5.41) is 10.9. The van der Waals surface area contributed by atoms with E-state index in [9.17, 15) is 9.59 Å². The molecule has 1 saturated carbocycles. The van der Waals surface area contributed by atoms with Crippen LogP contribution in [0.4, 0.5) is 0 Å². The summed E-state index contributed by atoms with van der Waals surface area (Å²) in [4.78, 5) is 25.9. The van der Waals surface area contributed by atoms with Gasteiger partial charge in [-0.3, -0.25) is 9.59 Å². The first-order chi connectivity index (χ1) is 12.5. The highest BCUT2D eigenvalue weighted by Gasteiger charge is 2.27. The predicted molar refractivity (Wildman–Crippen MR) is 97.3 cm³/mol. The normalized spacial score (nSPS) is 15.6. The zero-order chi connectivity index (χ0) is 18.5. The summed E-state index contributed by atoms with van der Waals surface area (Å²) in [6.45, 7) is 0.0454. The lowest BCUT2D eigenvalue weighted by atomic mass is 9.91. The topological polar surface area (TPSA) is 80.1 Å². The van der Waals surface area contributed by atoms with Crippen LogP contribution in [0.15, 0.2) is 36.5 Å². The van der Waals surface area contributed by atoms with Gasteiger partial charge in [-0.05, 0) is 24.3 Å². The second-order valence-electron chi connectivity index (χ2n) is 7.00. The van der Waals surface area contributed by atoms with Gasteiger partial charge in [-0.2, -0.15) is 0 Å². The fourth-order valence-corrected chi connectivity index (χ4v) is 3.49. The van der Waals surface area contributed by atoms with Crippen LogP contribution in [0.5, 0.6) is 0 Å². The van der Waals surface area contributed by atoms with Crippen molar-refractivity contribution < 1.29 is 9.59 Å². The van der Waals surface area contributed by atoms with Gasteiger partial charge in [-0.15, -0.1) is 5.10 Å². The van der Waals surface area contributed by atoms with Crippen molar-refractivity contribution in [2.75, 3.05) is 14.1 Å². The van der Waals surface area contributed by atoms with E-state index in [4.69, 9.17) is 0 Å². The third-order valence-corrected chi connectivity index (χ3v) is 4.82. The molecule has 1 unspecified atom stereocenters. The van der Waals surface area contributed by atoms with E-state index >= 15 is 0 Å². The molecule has 1 aliphatic carbocycles. The number of benzene rings is 1. The summed E-state index contributed by atoms with van der Waals surface area (Å²) in [5.41, 5.74) is 1.37. The highest BCUT2D eigenvalue weighted by Crippen LogP contribution is 2.35. The van der Waals surface area contributed by atoms with Crippen molar-refractivity contribution in [3.63, 3.8) is 0 Å². The molecule has 1 aromatic carbocycles. The smallest absolute Gasteiger partial charge is 0.275 e. The van der Waals surface area contributed by atoms with E-state index in [2.05, 4.69) is 27.8 Å². The molecule has 0 aliphatic heterocycles. The van der Waals surface area contributed by atoms with Crippen LogP contribution in [0, 0.1) is 5.92 Å². The molecule has 0 radical (unpaired) electrons. The van der Waals surface area contributed by atoms with Crippen molar-refractivity contribution >= 4 is 11.8 Å². The zero-order valence-corrected chi connectivity index (χ0v) is 15.3. The lowest BCUT2D eigenvalue weighted by molar-refractivity contribution is -0.123. The Labute approximate surface area is 153 Å². The monoisotopic (exact) mass is 355 g/mol. The van der Waals surface area contributed by atoms with Crippen molar-refractivity contribution in [2.45, 2.75) is 38.3 Å². The number of nitrogens with zero attached hydrogens (tertiary/aromatic N) is 4. The molecule has 1 fully saturated rings. The Morgan fingerprint density at radius 3 is 2.58 bits per heavy atom. The summed E-state index contributed by atoms with van der Waals surface area (Å²) in [6, 6.07) is 10.1. The second-order valence-corrected chi connectivity index (χ2v) is 7.00. The highest BCUT2D eigenvalue weighted by atomic mass is 16.2. The fourth-order valence-electron chi connectivity index (χ4n) is 3.49. The van der Waals surface area contributed by atoms with Crippen molar-refractivity contribution in [1.29, 1.82) is 0 Å². The van der Waals surface area contributed by atoms with E-state index in [1.165, 1.54) is 28.6 Å². The van der Waals surface area contributed by atoms with Crippen LogP contribution in [0.2, 0.25) is 0 Å². The lowest BCUT2D eigenvalue weighted by Crippen LogP contribution is -2.35. The molecule has 2 aromatic rings. The molecule has 7 heteroatoms. The molecule has 3 rings (SSSR count). The third kappa shape index (κ3) is 4.28. The number of rotatable bonds is 6. The number of hydrogen-bond donors (Lipinski definition) is 1. The number of nitrogens with one attached hydrogen (secondary N) is 1. The van der Waals surface area contributed by atoms with Crippen LogP contribution in [0.3, 0.4) is 0 Å². The Kier molecular flexibility index (Phi) is 5.65. The fraction of sp³-hybridized carbons (Fsp3) is 0.474. The molecule has 7 nitrogen and oxygen atoms in total. The summed E-state index contributed by atoms with van der Waals surface area (Å²) in [6.07, 6.45) is 6.19. The van der Waals surface area contributed by atoms with Crippen molar-refractivity contribution in [2.24, 2.45) is 5.92 Å². The van der Waals surface area contributed by atoms with Crippen LogP contribution >= 0.6 is 0 Å². The third-order valence-electron chi connectivity index (χ3n) is 4.82. The maximum atomic E-state index is 12.6. The maximum absolute atomic E-state index is 12.6. The molecule has 2 amide bonds. The van der Waals surface area contributed by atoms with Crippen LogP contribution in [-0.4, -0.2) is 45.8 Å². The van der Waals surface area contributed by atoms with E-state index in [-0.39, 0.29) is 30.1 Å². The molecule has 0 spiro atoms. The Hall–Kier alpha value is -2.70. The Balaban J connectivity index is 1.67. The first-order valence-corrected chi connectivity index (χ1v) is 9.00. The van der Waals surface area contributed by atoms with E-state index in [1.54, 1.807) is 14.1 Å². The van der Waals surface area contributed by atoms with Crippen molar-refractivity contribution in [1.82, 2.24) is 25.2 Å². The number of amides is 2. The second kappa shape index (κ2) is 8.12. The van der Waals surface area contributed by atoms with Gasteiger partial charge in [0.25, 0.3) is 5.91 Å². The van der Waals surface area contributed by atoms with Crippen LogP contribution in [0.25, 0.3) is 0 Å². The average Bonchev–Trinajstić information content (AvgIpc) is 3.31. The molecule has 138 valence electrons. The van der Waals surface area contributed by atoms with Crippen LogP contribution in [0.1, 0.15) is 47.8 Å². The molecule has 1 heterocycles. The first kappa shape index (κ1) is 18.1. The number of aromatic nitrogens is 3. The first-order valence-electron chi connectivity index (χ1n) is 9.00. The van der Waals surface area contributed by atoms with Gasteiger partial charge in [0.2, 0.25) is 5.91 Å². The van der Waals surface area contributed by atoms with Crippen LogP contribution in [-0.2, 0) is 11.3 Å². The van der Waals surface area contributed by atoms with Gasteiger partial charge in [-0.25, -0.2) is 4.68 Å². The molecular weight excluding hydrogens is 330 g/mol. The molecular formula is C19H25N5O2. The SMILES string of the molecule is CN(C)C(=O)c1cn(CC(=O)NC(c2ccccc2)C2CCCC2)nn1. The average molecular weight is 355 g/mol. The summed E-state index contributed by atoms with van der Waals surface area (Å²) < 4.78 is 1.41. The van der Waals surface area contributed by atoms with E-state index < -0.39 is 0 Å². The Morgan fingerprint density at radius 1 is 1.23 bits per heavy atom. The summed E-state index contributed by atoms with van der Waals surface area (Å²) in [7, 11) is 3.31. The zero-order valence-electron chi connectivity index (χ0n) is 15.3. The van der Waals surface area contributed by atoms with Gasteiger partial charge in [0.15, 0.2) is 5.69 Å². The van der Waals surface area contributed by atoms with Gasteiger partial charge in [0, 0.05) is 14.1 Å². The number of hydrogen-bond acceptors (Lipinski definition) is 4. The molecule has 0 saturated heterocycles.